The summed E-state index contributed by atoms with van der Waals surface area (Å²) in [6.45, 7) is 8.46. The Bertz CT molecular complexity index is 575. The molecule has 0 saturated carbocycles. The average Bonchev–Trinajstić information content (AvgIpc) is 2.68. The van der Waals surface area contributed by atoms with Gasteiger partial charge in [0.25, 0.3) is 5.69 Å². The van der Waals surface area contributed by atoms with E-state index in [-0.39, 0.29) is 18.3 Å². The van der Waals surface area contributed by atoms with Gasteiger partial charge in [0.1, 0.15) is 12.4 Å². The number of alkyl halides is 1. The van der Waals surface area contributed by atoms with Crippen LogP contribution in [0.5, 0.6) is 5.75 Å². The van der Waals surface area contributed by atoms with E-state index in [4.69, 9.17) is 23.7 Å². The number of rotatable bonds is 18. The number of nitro benzene ring substituents is 1. The van der Waals surface area contributed by atoms with Gasteiger partial charge in [-0.15, -0.1) is 0 Å². The van der Waals surface area contributed by atoms with Crippen molar-refractivity contribution < 1.29 is 28.6 Å². The van der Waals surface area contributed by atoms with Crippen molar-refractivity contribution in [2.75, 3.05) is 69.2 Å². The van der Waals surface area contributed by atoms with Crippen LogP contribution in [0.3, 0.4) is 0 Å². The van der Waals surface area contributed by atoms with Crippen LogP contribution in [-0.2, 0) is 18.9 Å². The quantitative estimate of drug-likeness (QED) is 0.102. The van der Waals surface area contributed by atoms with Crippen molar-refractivity contribution in [3.63, 3.8) is 0 Å². The molecule has 0 fully saturated rings. The van der Waals surface area contributed by atoms with Crippen LogP contribution in [0.4, 0.5) is 11.4 Å². The van der Waals surface area contributed by atoms with Gasteiger partial charge >= 0.3 is 0 Å². The van der Waals surface area contributed by atoms with Crippen LogP contribution < -0.4 is 10.1 Å². The highest BCUT2D eigenvalue weighted by molar-refractivity contribution is 14.1. The number of non-ortho nitro benzene ring substituents is 1. The molecule has 0 radical (unpaired) electrons. The van der Waals surface area contributed by atoms with Crippen molar-refractivity contribution in [1.29, 1.82) is 0 Å². The Hall–Kier alpha value is -1.21. The van der Waals surface area contributed by atoms with Gasteiger partial charge in [-0.05, 0) is 19.9 Å². The van der Waals surface area contributed by atoms with E-state index in [9.17, 15) is 10.1 Å². The zero-order chi connectivity index (χ0) is 21.3. The molecule has 0 heterocycles. The lowest BCUT2D eigenvalue weighted by molar-refractivity contribution is -0.384. The summed E-state index contributed by atoms with van der Waals surface area (Å²) in [5.41, 5.74) is 0.705. The molecule has 0 aliphatic rings. The fraction of sp³-hybridized carbons (Fsp3) is 0.684. The van der Waals surface area contributed by atoms with Crippen molar-refractivity contribution in [1.82, 2.24) is 0 Å². The normalized spacial score (nSPS) is 11.0. The Morgan fingerprint density at radius 2 is 1.45 bits per heavy atom. The van der Waals surface area contributed by atoms with E-state index in [1.165, 1.54) is 12.1 Å². The van der Waals surface area contributed by atoms with Gasteiger partial charge in [-0.3, -0.25) is 10.1 Å². The number of hydrogen-bond acceptors (Lipinski definition) is 8. The fourth-order valence-corrected chi connectivity index (χ4v) is 2.51. The molecule has 1 N–H and O–H groups in total. The lowest BCUT2D eigenvalue weighted by Gasteiger charge is -2.15. The average molecular weight is 526 g/mol. The molecule has 0 aliphatic heterocycles. The van der Waals surface area contributed by atoms with E-state index in [1.54, 1.807) is 6.07 Å². The highest BCUT2D eigenvalue weighted by atomic mass is 127. The third kappa shape index (κ3) is 12.9. The molecular formula is C19H31IN2O7. The molecule has 0 spiro atoms. The van der Waals surface area contributed by atoms with Crippen LogP contribution in [0.2, 0.25) is 0 Å². The number of nitrogens with zero attached hydrogens (tertiary/aromatic N) is 1. The molecule has 1 rings (SSSR count). The molecule has 0 aromatic heterocycles. The maximum Gasteiger partial charge on any atom is 0.273 e. The minimum Gasteiger partial charge on any atom is -0.489 e. The molecular weight excluding hydrogens is 495 g/mol. The van der Waals surface area contributed by atoms with Crippen molar-refractivity contribution >= 4 is 34.0 Å². The number of hydrogen-bond donors (Lipinski definition) is 1. The van der Waals surface area contributed by atoms with Crippen LogP contribution in [-0.4, -0.2) is 74.9 Å². The van der Waals surface area contributed by atoms with Crippen LogP contribution in [0, 0.1) is 10.1 Å². The maximum atomic E-state index is 11.0. The monoisotopic (exact) mass is 526 g/mol. The van der Waals surface area contributed by atoms with Crippen molar-refractivity contribution in [3.05, 3.63) is 28.3 Å². The van der Waals surface area contributed by atoms with Crippen LogP contribution in [0.1, 0.15) is 13.8 Å². The number of benzene rings is 1. The molecule has 0 unspecified atom stereocenters. The Morgan fingerprint density at radius 1 is 0.931 bits per heavy atom. The second-order valence-corrected chi connectivity index (χ2v) is 7.30. The highest BCUT2D eigenvalue weighted by Crippen LogP contribution is 2.29. The molecule has 0 bridgehead atoms. The van der Waals surface area contributed by atoms with Crippen molar-refractivity contribution in [2.24, 2.45) is 0 Å². The van der Waals surface area contributed by atoms with Crippen molar-refractivity contribution in [2.45, 2.75) is 19.9 Å². The first-order valence-corrected chi connectivity index (χ1v) is 11.1. The van der Waals surface area contributed by atoms with Gasteiger partial charge in [0.05, 0.1) is 69.5 Å². The molecule has 0 amide bonds. The fourth-order valence-electron chi connectivity index (χ4n) is 2.20. The molecule has 9 nitrogen and oxygen atoms in total. The number of ether oxygens (including phenoxy) is 5. The van der Waals surface area contributed by atoms with Gasteiger partial charge in [-0.25, -0.2) is 0 Å². The number of halogens is 1. The summed E-state index contributed by atoms with van der Waals surface area (Å²) in [6, 6.07) is 4.70. The topological polar surface area (TPSA) is 101 Å². The highest BCUT2D eigenvalue weighted by Gasteiger charge is 2.12. The molecule has 0 aliphatic carbocycles. The zero-order valence-corrected chi connectivity index (χ0v) is 19.2. The zero-order valence-electron chi connectivity index (χ0n) is 17.1. The third-order valence-electron chi connectivity index (χ3n) is 3.44. The minimum absolute atomic E-state index is 0.0117. The Kier molecular flexibility index (Phi) is 14.8. The predicted molar refractivity (Wildman–Crippen MR) is 120 cm³/mol. The van der Waals surface area contributed by atoms with Crippen LogP contribution >= 0.6 is 22.6 Å². The summed E-state index contributed by atoms with van der Waals surface area (Å²) in [6.07, 6.45) is 0. The summed E-state index contributed by atoms with van der Waals surface area (Å²) >= 11 is 2.26. The van der Waals surface area contributed by atoms with E-state index < -0.39 is 4.92 Å². The molecule has 0 atom stereocenters. The van der Waals surface area contributed by atoms with Gasteiger partial charge in [-0.1, -0.05) is 22.6 Å². The predicted octanol–water partition coefficient (Wildman–Crippen LogP) is 3.30. The maximum absolute atomic E-state index is 11.0. The van der Waals surface area contributed by atoms with E-state index in [0.29, 0.717) is 57.7 Å². The van der Waals surface area contributed by atoms with Gasteiger partial charge in [0, 0.05) is 16.5 Å². The number of nitro groups is 1. The van der Waals surface area contributed by atoms with E-state index >= 15 is 0 Å². The summed E-state index contributed by atoms with van der Waals surface area (Å²) in [5.74, 6) is 0.437. The molecule has 0 saturated heterocycles. The third-order valence-corrected chi connectivity index (χ3v) is 3.88. The first-order valence-electron chi connectivity index (χ1n) is 9.59. The van der Waals surface area contributed by atoms with Crippen LogP contribution in [0.15, 0.2) is 18.2 Å². The lowest BCUT2D eigenvalue weighted by atomic mass is 10.2. The van der Waals surface area contributed by atoms with E-state index in [0.717, 1.165) is 11.0 Å². The molecule has 10 heteroatoms. The summed E-state index contributed by atoms with van der Waals surface area (Å²) in [7, 11) is 0. The molecule has 166 valence electrons. The minimum atomic E-state index is -0.443. The molecule has 29 heavy (non-hydrogen) atoms. The SMILES string of the molecule is CC(C)Nc1ccc([N+](=O)[O-])cc1OCCOCCOCCOCCOCCI. The Morgan fingerprint density at radius 3 is 1.93 bits per heavy atom. The summed E-state index contributed by atoms with van der Waals surface area (Å²) in [4.78, 5) is 10.5. The second-order valence-electron chi connectivity index (χ2n) is 6.22. The van der Waals surface area contributed by atoms with Gasteiger partial charge in [-0.2, -0.15) is 0 Å². The Labute approximate surface area is 185 Å². The summed E-state index contributed by atoms with van der Waals surface area (Å²) < 4.78 is 28.2. The second kappa shape index (κ2) is 16.6. The standard InChI is InChI=1S/C19H31IN2O7/c1-16(2)21-18-4-3-17(22(23)24)15-19(18)29-14-13-28-12-11-27-10-9-26-8-7-25-6-5-20/h3-4,15-16,21H,5-14H2,1-2H3. The van der Waals surface area contributed by atoms with E-state index in [1.807, 2.05) is 13.8 Å². The lowest BCUT2D eigenvalue weighted by Crippen LogP contribution is -2.15. The van der Waals surface area contributed by atoms with Gasteiger partial charge in [0.2, 0.25) is 0 Å². The van der Waals surface area contributed by atoms with Crippen molar-refractivity contribution in [3.8, 4) is 5.75 Å². The van der Waals surface area contributed by atoms with Gasteiger partial charge in [0.15, 0.2) is 0 Å². The molecule has 1 aromatic rings. The number of nitrogens with one attached hydrogen (secondary N) is 1. The smallest absolute Gasteiger partial charge is 0.273 e. The van der Waals surface area contributed by atoms with Crippen LogP contribution in [0.25, 0.3) is 0 Å². The van der Waals surface area contributed by atoms with E-state index in [2.05, 4.69) is 27.9 Å². The number of anilines is 1. The Balaban J connectivity index is 2.12. The first-order chi connectivity index (χ1) is 14.0. The largest absolute Gasteiger partial charge is 0.489 e. The molecule has 1 aromatic carbocycles. The van der Waals surface area contributed by atoms with Gasteiger partial charge < -0.3 is 29.0 Å². The first kappa shape index (κ1) is 25.8. The summed E-state index contributed by atoms with van der Waals surface area (Å²) in [5, 5.41) is 14.2.